The molecule has 0 aliphatic carbocycles. The first-order valence-corrected chi connectivity index (χ1v) is 5.40. The van der Waals surface area contributed by atoms with Crippen LogP contribution in [0.25, 0.3) is 0 Å². The summed E-state index contributed by atoms with van der Waals surface area (Å²) < 4.78 is 5.13. The summed E-state index contributed by atoms with van der Waals surface area (Å²) in [7, 11) is -1.58. The van der Waals surface area contributed by atoms with Crippen molar-refractivity contribution in [2.45, 2.75) is 0 Å². The Morgan fingerprint density at radius 1 is 1.00 bits per heavy atom. The molecule has 0 aliphatic rings. The first-order chi connectivity index (χ1) is 8.66. The standard InChI is InChI=1S/C13H11BO4/c15-13(10-5-2-1-3-6-10)18-12-8-4-7-11(9-12)14(16)17/h1-9,16-17H. The highest BCUT2D eigenvalue weighted by Gasteiger charge is 2.13. The van der Waals surface area contributed by atoms with Gasteiger partial charge in [-0.3, -0.25) is 0 Å². The van der Waals surface area contributed by atoms with Crippen molar-refractivity contribution in [3.63, 3.8) is 0 Å². The Morgan fingerprint density at radius 2 is 1.72 bits per heavy atom. The molecule has 90 valence electrons. The summed E-state index contributed by atoms with van der Waals surface area (Å²) in [6, 6.07) is 14.7. The monoisotopic (exact) mass is 242 g/mol. The quantitative estimate of drug-likeness (QED) is 0.469. The van der Waals surface area contributed by atoms with E-state index in [2.05, 4.69) is 0 Å². The zero-order valence-electron chi connectivity index (χ0n) is 9.48. The zero-order valence-corrected chi connectivity index (χ0v) is 9.48. The van der Waals surface area contributed by atoms with Crippen LogP contribution in [0.4, 0.5) is 0 Å². The van der Waals surface area contributed by atoms with E-state index in [1.807, 2.05) is 0 Å². The van der Waals surface area contributed by atoms with E-state index >= 15 is 0 Å². The van der Waals surface area contributed by atoms with Gasteiger partial charge in [-0.25, -0.2) is 4.79 Å². The van der Waals surface area contributed by atoms with E-state index in [0.29, 0.717) is 5.56 Å². The molecule has 0 unspecified atom stereocenters. The lowest BCUT2D eigenvalue weighted by molar-refractivity contribution is 0.0735. The van der Waals surface area contributed by atoms with Crippen LogP contribution in [0.3, 0.4) is 0 Å². The predicted molar refractivity (Wildman–Crippen MR) is 67.7 cm³/mol. The molecule has 2 rings (SSSR count). The fourth-order valence-corrected chi connectivity index (χ4v) is 1.48. The van der Waals surface area contributed by atoms with Gasteiger partial charge < -0.3 is 14.8 Å². The average Bonchev–Trinajstić information content (AvgIpc) is 2.40. The lowest BCUT2D eigenvalue weighted by atomic mass is 9.80. The van der Waals surface area contributed by atoms with Gasteiger partial charge in [0, 0.05) is 0 Å². The molecule has 18 heavy (non-hydrogen) atoms. The van der Waals surface area contributed by atoms with Crippen molar-refractivity contribution in [2.75, 3.05) is 0 Å². The van der Waals surface area contributed by atoms with E-state index in [1.54, 1.807) is 42.5 Å². The highest BCUT2D eigenvalue weighted by molar-refractivity contribution is 6.58. The Kier molecular flexibility index (Phi) is 3.77. The van der Waals surface area contributed by atoms with E-state index in [-0.39, 0.29) is 11.2 Å². The van der Waals surface area contributed by atoms with Gasteiger partial charge >= 0.3 is 13.1 Å². The third kappa shape index (κ3) is 2.97. The maximum atomic E-state index is 11.7. The maximum absolute atomic E-state index is 11.7. The summed E-state index contributed by atoms with van der Waals surface area (Å²) in [5.41, 5.74) is 0.709. The number of esters is 1. The van der Waals surface area contributed by atoms with Crippen molar-refractivity contribution < 1.29 is 19.6 Å². The van der Waals surface area contributed by atoms with E-state index in [4.69, 9.17) is 14.8 Å². The van der Waals surface area contributed by atoms with Crippen LogP contribution in [-0.4, -0.2) is 23.1 Å². The van der Waals surface area contributed by atoms with Crippen LogP contribution in [0.5, 0.6) is 5.75 Å². The minimum Gasteiger partial charge on any atom is -0.423 e. The van der Waals surface area contributed by atoms with Gasteiger partial charge in [-0.1, -0.05) is 30.3 Å². The number of carbonyl (C=O) groups is 1. The van der Waals surface area contributed by atoms with E-state index in [0.717, 1.165) is 0 Å². The highest BCUT2D eigenvalue weighted by Crippen LogP contribution is 2.11. The summed E-state index contributed by atoms with van der Waals surface area (Å²) in [5.74, 6) is -0.213. The topological polar surface area (TPSA) is 66.8 Å². The Bertz CT molecular complexity index is 540. The summed E-state index contributed by atoms with van der Waals surface area (Å²) in [4.78, 5) is 11.7. The van der Waals surface area contributed by atoms with Gasteiger partial charge in [0.05, 0.1) is 5.56 Å². The molecule has 0 aromatic heterocycles. The number of hydrogen-bond acceptors (Lipinski definition) is 4. The van der Waals surface area contributed by atoms with Crippen molar-refractivity contribution in [1.82, 2.24) is 0 Å². The molecule has 2 aromatic carbocycles. The van der Waals surface area contributed by atoms with Gasteiger partial charge in [0.15, 0.2) is 0 Å². The molecule has 0 aliphatic heterocycles. The van der Waals surface area contributed by atoms with Crippen LogP contribution >= 0.6 is 0 Å². The molecule has 0 fully saturated rings. The molecule has 0 amide bonds. The molecular formula is C13H11BO4. The van der Waals surface area contributed by atoms with Crippen molar-refractivity contribution >= 4 is 18.6 Å². The molecule has 2 aromatic rings. The molecule has 2 N–H and O–H groups in total. The Labute approximate surface area is 105 Å². The first kappa shape index (κ1) is 12.4. The van der Waals surface area contributed by atoms with Crippen LogP contribution in [0.2, 0.25) is 0 Å². The predicted octanol–water partition coefficient (Wildman–Crippen LogP) is 0.586. The van der Waals surface area contributed by atoms with Gasteiger partial charge in [0.1, 0.15) is 5.75 Å². The number of carbonyl (C=O) groups excluding carboxylic acids is 1. The number of hydrogen-bond donors (Lipinski definition) is 2. The normalized spacial score (nSPS) is 9.89. The van der Waals surface area contributed by atoms with E-state index < -0.39 is 13.1 Å². The number of rotatable bonds is 3. The third-order valence-electron chi connectivity index (χ3n) is 2.38. The van der Waals surface area contributed by atoms with Gasteiger partial charge in [0.2, 0.25) is 0 Å². The smallest absolute Gasteiger partial charge is 0.423 e. The number of ether oxygens (including phenoxy) is 1. The lowest BCUT2D eigenvalue weighted by Crippen LogP contribution is -2.29. The van der Waals surface area contributed by atoms with Crippen molar-refractivity contribution in [3.8, 4) is 5.75 Å². The molecule has 0 saturated carbocycles. The first-order valence-electron chi connectivity index (χ1n) is 5.40. The molecule has 0 spiro atoms. The Balaban J connectivity index is 2.15. The summed E-state index contributed by atoms with van der Waals surface area (Å²) in [6.45, 7) is 0. The van der Waals surface area contributed by atoms with E-state index in [9.17, 15) is 4.79 Å². The van der Waals surface area contributed by atoms with Gasteiger partial charge in [0.25, 0.3) is 0 Å². The second-order valence-corrected chi connectivity index (χ2v) is 3.70. The Hall–Kier alpha value is -2.11. The van der Waals surface area contributed by atoms with Crippen LogP contribution in [0.15, 0.2) is 54.6 Å². The molecule has 5 heteroatoms. The fraction of sp³-hybridized carbons (Fsp3) is 0. The molecule has 0 atom stereocenters. The highest BCUT2D eigenvalue weighted by atomic mass is 16.5. The van der Waals surface area contributed by atoms with Crippen LogP contribution in [-0.2, 0) is 0 Å². The summed E-state index contributed by atoms with van der Waals surface area (Å²) >= 11 is 0. The van der Waals surface area contributed by atoms with Crippen LogP contribution in [0, 0.1) is 0 Å². The van der Waals surface area contributed by atoms with Crippen molar-refractivity contribution in [1.29, 1.82) is 0 Å². The van der Waals surface area contributed by atoms with Gasteiger partial charge in [-0.05, 0) is 29.7 Å². The molecular weight excluding hydrogens is 231 g/mol. The molecule has 0 radical (unpaired) electrons. The molecule has 0 saturated heterocycles. The third-order valence-corrected chi connectivity index (χ3v) is 2.38. The Morgan fingerprint density at radius 3 is 2.39 bits per heavy atom. The summed E-state index contributed by atoms with van der Waals surface area (Å²) in [6.07, 6.45) is 0. The largest absolute Gasteiger partial charge is 0.488 e. The second-order valence-electron chi connectivity index (χ2n) is 3.70. The number of benzene rings is 2. The van der Waals surface area contributed by atoms with Crippen LogP contribution in [0.1, 0.15) is 10.4 Å². The van der Waals surface area contributed by atoms with Gasteiger partial charge in [-0.15, -0.1) is 0 Å². The lowest BCUT2D eigenvalue weighted by Gasteiger charge is -2.06. The fourth-order valence-electron chi connectivity index (χ4n) is 1.48. The van der Waals surface area contributed by atoms with Gasteiger partial charge in [-0.2, -0.15) is 0 Å². The minimum absolute atomic E-state index is 0.272. The second kappa shape index (κ2) is 5.49. The maximum Gasteiger partial charge on any atom is 0.488 e. The average molecular weight is 242 g/mol. The minimum atomic E-state index is -1.58. The van der Waals surface area contributed by atoms with Crippen molar-refractivity contribution in [3.05, 3.63) is 60.2 Å². The molecule has 0 bridgehead atoms. The molecule has 4 nitrogen and oxygen atoms in total. The van der Waals surface area contributed by atoms with Crippen LogP contribution < -0.4 is 10.2 Å². The van der Waals surface area contributed by atoms with E-state index in [1.165, 1.54) is 12.1 Å². The summed E-state index contributed by atoms with van der Waals surface area (Å²) in [5, 5.41) is 18.0. The van der Waals surface area contributed by atoms with Crippen molar-refractivity contribution in [2.24, 2.45) is 0 Å². The zero-order chi connectivity index (χ0) is 13.0. The SMILES string of the molecule is O=C(Oc1cccc(B(O)O)c1)c1ccccc1. The molecule has 0 heterocycles.